The van der Waals surface area contributed by atoms with E-state index in [-0.39, 0.29) is 17.8 Å². The van der Waals surface area contributed by atoms with Crippen molar-refractivity contribution in [3.63, 3.8) is 0 Å². The van der Waals surface area contributed by atoms with Crippen LogP contribution < -0.4 is 5.43 Å². The highest BCUT2D eigenvalue weighted by atomic mass is 35.5. The molecule has 6 nitrogen and oxygen atoms in total. The summed E-state index contributed by atoms with van der Waals surface area (Å²) in [6.07, 6.45) is 1.26. The Bertz CT molecular complexity index is 665. The topological polar surface area (TPSA) is 82.2 Å². The SMILES string of the molecule is Cl.O=C(C[N+](=O)[O-])n1ccc(=O)c2ccccc21. The van der Waals surface area contributed by atoms with Gasteiger partial charge in [0, 0.05) is 22.6 Å². The average Bonchev–Trinajstić information content (AvgIpc) is 2.29. The normalized spacial score (nSPS) is 9.78. The number of carbonyl (C=O) groups excluding carboxylic acids is 1. The van der Waals surface area contributed by atoms with Gasteiger partial charge in [-0.15, -0.1) is 12.4 Å². The number of fused-ring (bicyclic) bond motifs is 1. The molecule has 0 atom stereocenters. The molecule has 94 valence electrons. The van der Waals surface area contributed by atoms with Crippen LogP contribution in [0.15, 0.2) is 41.3 Å². The lowest BCUT2D eigenvalue weighted by molar-refractivity contribution is -0.465. The molecular formula is C11H9ClN2O4. The fourth-order valence-corrected chi connectivity index (χ4v) is 1.61. The van der Waals surface area contributed by atoms with Gasteiger partial charge in [0.1, 0.15) is 0 Å². The zero-order chi connectivity index (χ0) is 12.4. The molecule has 0 aliphatic heterocycles. The van der Waals surface area contributed by atoms with E-state index in [1.165, 1.54) is 12.3 Å². The maximum absolute atomic E-state index is 11.6. The van der Waals surface area contributed by atoms with E-state index < -0.39 is 17.4 Å². The first kappa shape index (κ1) is 13.9. The van der Waals surface area contributed by atoms with Crippen LogP contribution in [0.25, 0.3) is 10.9 Å². The fourth-order valence-electron chi connectivity index (χ4n) is 1.61. The Kier molecular flexibility index (Phi) is 4.17. The molecule has 0 saturated heterocycles. The molecule has 1 heterocycles. The fraction of sp³-hybridized carbons (Fsp3) is 0.0909. The van der Waals surface area contributed by atoms with Crippen LogP contribution in [0.3, 0.4) is 0 Å². The van der Waals surface area contributed by atoms with E-state index >= 15 is 0 Å². The Labute approximate surface area is 107 Å². The smallest absolute Gasteiger partial charge is 0.289 e. The molecule has 7 heteroatoms. The van der Waals surface area contributed by atoms with E-state index in [0.717, 1.165) is 4.57 Å². The van der Waals surface area contributed by atoms with E-state index in [0.29, 0.717) is 10.9 Å². The first-order valence-corrected chi connectivity index (χ1v) is 4.85. The molecule has 2 aromatic rings. The third kappa shape index (κ3) is 2.54. The van der Waals surface area contributed by atoms with Crippen molar-refractivity contribution in [2.45, 2.75) is 0 Å². The van der Waals surface area contributed by atoms with Gasteiger partial charge >= 0.3 is 5.91 Å². The number of nitrogens with zero attached hydrogens (tertiary/aromatic N) is 2. The molecule has 0 spiro atoms. The summed E-state index contributed by atoms with van der Waals surface area (Å²) in [5, 5.41) is 10.7. The lowest BCUT2D eigenvalue weighted by Crippen LogP contribution is -2.22. The molecule has 0 saturated carbocycles. The Balaban J connectivity index is 0.00000162. The van der Waals surface area contributed by atoms with Crippen molar-refractivity contribution in [1.29, 1.82) is 0 Å². The minimum atomic E-state index is -0.799. The maximum atomic E-state index is 11.6. The summed E-state index contributed by atoms with van der Waals surface area (Å²) < 4.78 is 1.12. The quantitative estimate of drug-likeness (QED) is 0.608. The van der Waals surface area contributed by atoms with Gasteiger partial charge in [0.05, 0.1) is 5.52 Å². The van der Waals surface area contributed by atoms with Crippen LogP contribution in [0, 0.1) is 10.1 Å². The lowest BCUT2D eigenvalue weighted by Gasteiger charge is -2.06. The van der Waals surface area contributed by atoms with Gasteiger partial charge in [-0.05, 0) is 12.1 Å². The Morgan fingerprint density at radius 3 is 2.61 bits per heavy atom. The van der Waals surface area contributed by atoms with Gasteiger partial charge in [-0.25, -0.2) is 0 Å². The third-order valence-corrected chi connectivity index (χ3v) is 2.34. The molecule has 0 amide bonds. The second-order valence-electron chi connectivity index (χ2n) is 3.45. The van der Waals surface area contributed by atoms with Crippen molar-refractivity contribution >= 4 is 29.2 Å². The van der Waals surface area contributed by atoms with Crippen molar-refractivity contribution in [1.82, 2.24) is 4.57 Å². The first-order valence-electron chi connectivity index (χ1n) is 4.85. The summed E-state index contributed by atoms with van der Waals surface area (Å²) in [7, 11) is 0. The largest absolute Gasteiger partial charge is 0.302 e. The molecule has 0 aliphatic carbocycles. The van der Waals surface area contributed by atoms with Crippen LogP contribution in [0.4, 0.5) is 0 Å². The van der Waals surface area contributed by atoms with Crippen molar-refractivity contribution in [3.05, 3.63) is 56.9 Å². The van der Waals surface area contributed by atoms with Gasteiger partial charge < -0.3 is 0 Å². The average molecular weight is 269 g/mol. The second kappa shape index (κ2) is 5.42. The zero-order valence-electron chi connectivity index (χ0n) is 9.11. The number of nitro groups is 1. The Hall–Kier alpha value is -2.21. The van der Waals surface area contributed by atoms with Gasteiger partial charge in [-0.1, -0.05) is 12.1 Å². The monoisotopic (exact) mass is 268 g/mol. The van der Waals surface area contributed by atoms with Crippen LogP contribution in [0.1, 0.15) is 4.79 Å². The summed E-state index contributed by atoms with van der Waals surface area (Å²) in [5.74, 6) is -0.675. The molecule has 18 heavy (non-hydrogen) atoms. The van der Waals surface area contributed by atoms with Crippen molar-refractivity contribution in [2.24, 2.45) is 0 Å². The first-order chi connectivity index (χ1) is 8.09. The van der Waals surface area contributed by atoms with E-state index in [2.05, 4.69) is 0 Å². The van der Waals surface area contributed by atoms with E-state index in [4.69, 9.17) is 0 Å². The molecule has 0 radical (unpaired) electrons. The minimum Gasteiger partial charge on any atom is -0.289 e. The van der Waals surface area contributed by atoms with Crippen LogP contribution >= 0.6 is 12.4 Å². The van der Waals surface area contributed by atoms with Gasteiger partial charge in [0.2, 0.25) is 0 Å². The predicted molar refractivity (Wildman–Crippen MR) is 67.9 cm³/mol. The Morgan fingerprint density at radius 1 is 1.28 bits per heavy atom. The van der Waals surface area contributed by atoms with Gasteiger partial charge in [0.25, 0.3) is 6.54 Å². The molecule has 1 aromatic heterocycles. The van der Waals surface area contributed by atoms with Crippen LogP contribution in [-0.4, -0.2) is 21.9 Å². The molecule has 0 aliphatic rings. The summed E-state index contributed by atoms with van der Waals surface area (Å²) >= 11 is 0. The number of halogens is 1. The Morgan fingerprint density at radius 2 is 1.94 bits per heavy atom. The number of hydrogen-bond acceptors (Lipinski definition) is 4. The highest BCUT2D eigenvalue weighted by Crippen LogP contribution is 2.09. The molecular weight excluding hydrogens is 260 g/mol. The van der Waals surface area contributed by atoms with Crippen molar-refractivity contribution in [3.8, 4) is 0 Å². The van der Waals surface area contributed by atoms with E-state index in [9.17, 15) is 19.7 Å². The number of pyridine rings is 1. The van der Waals surface area contributed by atoms with E-state index in [1.807, 2.05) is 0 Å². The maximum Gasteiger partial charge on any atom is 0.302 e. The van der Waals surface area contributed by atoms with Gasteiger partial charge in [0.15, 0.2) is 5.43 Å². The number of hydrogen-bond donors (Lipinski definition) is 0. The molecule has 0 unspecified atom stereocenters. The summed E-state index contributed by atoms with van der Waals surface area (Å²) in [6, 6.07) is 7.71. The zero-order valence-corrected chi connectivity index (χ0v) is 9.92. The third-order valence-electron chi connectivity index (χ3n) is 2.34. The van der Waals surface area contributed by atoms with Crippen molar-refractivity contribution in [2.75, 3.05) is 6.54 Å². The molecule has 0 fully saturated rings. The number of benzene rings is 1. The van der Waals surface area contributed by atoms with Crippen molar-refractivity contribution < 1.29 is 9.72 Å². The lowest BCUT2D eigenvalue weighted by atomic mass is 10.2. The van der Waals surface area contributed by atoms with Gasteiger partial charge in [-0.3, -0.25) is 24.3 Å². The highest BCUT2D eigenvalue weighted by Gasteiger charge is 2.13. The number of carbonyl (C=O) groups is 1. The van der Waals surface area contributed by atoms with Crippen LogP contribution in [-0.2, 0) is 0 Å². The van der Waals surface area contributed by atoms with E-state index in [1.54, 1.807) is 24.3 Å². The highest BCUT2D eigenvalue weighted by molar-refractivity contribution is 5.91. The summed E-state index contributed by atoms with van der Waals surface area (Å²) in [5.41, 5.74) is 0.164. The molecule has 0 N–H and O–H groups in total. The van der Waals surface area contributed by atoms with Crippen LogP contribution in [0.2, 0.25) is 0 Å². The molecule has 0 bridgehead atoms. The number of aromatic nitrogens is 1. The molecule has 2 rings (SSSR count). The standard InChI is InChI=1S/C11H8N2O4.ClH/c14-10-5-6-12(11(15)7-13(16)17)9-4-2-1-3-8(9)10;/h1-6H,7H2;1H. The number of rotatable bonds is 2. The molecule has 1 aromatic carbocycles. The summed E-state index contributed by atoms with van der Waals surface area (Å²) in [6.45, 7) is -0.799. The second-order valence-corrected chi connectivity index (χ2v) is 3.45. The van der Waals surface area contributed by atoms with Gasteiger partial charge in [-0.2, -0.15) is 0 Å². The summed E-state index contributed by atoms with van der Waals surface area (Å²) in [4.78, 5) is 32.7. The van der Waals surface area contributed by atoms with Crippen LogP contribution in [0.5, 0.6) is 0 Å². The number of para-hydroxylation sites is 1. The minimum absolute atomic E-state index is 0. The predicted octanol–water partition coefficient (Wildman–Crippen LogP) is 1.34.